The monoisotopic (exact) mass is 370 g/mol. The summed E-state index contributed by atoms with van der Waals surface area (Å²) in [5.74, 6) is 1.58. The highest BCUT2D eigenvalue weighted by atomic mass is 32.1. The lowest BCUT2D eigenvalue weighted by atomic mass is 9.94. The Kier molecular flexibility index (Phi) is 4.72. The summed E-state index contributed by atoms with van der Waals surface area (Å²) in [6.07, 6.45) is 7.76. The van der Waals surface area contributed by atoms with Crippen LogP contribution in [0.4, 0.5) is 5.82 Å². The first-order valence-corrected chi connectivity index (χ1v) is 9.87. The molecule has 0 radical (unpaired) electrons. The number of aromatic nitrogens is 2. The Bertz CT molecular complexity index is 807. The zero-order valence-corrected chi connectivity index (χ0v) is 15.6. The highest BCUT2D eigenvalue weighted by Crippen LogP contribution is 2.30. The van der Waals surface area contributed by atoms with E-state index in [-0.39, 0.29) is 17.7 Å². The van der Waals surface area contributed by atoms with Gasteiger partial charge in [-0.15, -0.1) is 11.3 Å². The van der Waals surface area contributed by atoms with Gasteiger partial charge in [-0.1, -0.05) is 0 Å². The van der Waals surface area contributed by atoms with E-state index in [4.69, 9.17) is 0 Å². The van der Waals surface area contributed by atoms with Crippen molar-refractivity contribution in [3.8, 4) is 0 Å². The largest absolute Gasteiger partial charge is 0.353 e. The van der Waals surface area contributed by atoms with Crippen molar-refractivity contribution in [2.45, 2.75) is 32.2 Å². The van der Waals surface area contributed by atoms with Gasteiger partial charge in [0, 0.05) is 38.1 Å². The Labute approximate surface area is 156 Å². The summed E-state index contributed by atoms with van der Waals surface area (Å²) in [6.45, 7) is 4.10. The van der Waals surface area contributed by atoms with Gasteiger partial charge in [-0.05, 0) is 42.7 Å². The number of fused-ring (bicyclic) bond motifs is 4. The number of hydrogen-bond acceptors (Lipinski definition) is 6. The average molecular weight is 370 g/mol. The molecule has 3 saturated heterocycles. The van der Waals surface area contributed by atoms with Gasteiger partial charge in [0.05, 0.1) is 17.5 Å². The first-order valence-electron chi connectivity index (χ1n) is 8.99. The minimum absolute atomic E-state index is 0.0575. The van der Waals surface area contributed by atoms with Gasteiger partial charge < -0.3 is 9.80 Å². The van der Waals surface area contributed by atoms with Crippen LogP contribution in [0.1, 0.15) is 35.0 Å². The van der Waals surface area contributed by atoms with E-state index in [1.54, 1.807) is 25.5 Å². The van der Waals surface area contributed by atoms with Crippen LogP contribution in [-0.4, -0.2) is 52.2 Å². The Morgan fingerprint density at radius 1 is 1.23 bits per heavy atom. The van der Waals surface area contributed by atoms with Crippen molar-refractivity contribution in [1.29, 1.82) is 0 Å². The van der Waals surface area contributed by atoms with Gasteiger partial charge in [-0.25, -0.2) is 4.98 Å². The maximum Gasteiger partial charge on any atom is 0.227 e. The van der Waals surface area contributed by atoms with Crippen LogP contribution in [0, 0.1) is 5.92 Å². The third-order valence-corrected chi connectivity index (χ3v) is 6.34. The molecule has 0 N–H and O–H groups in total. The number of thiophene rings is 1. The summed E-state index contributed by atoms with van der Waals surface area (Å²) in [7, 11) is 0. The molecule has 2 bridgehead atoms. The normalized spacial score (nSPS) is 22.3. The van der Waals surface area contributed by atoms with Crippen LogP contribution in [0.15, 0.2) is 30.0 Å². The van der Waals surface area contributed by atoms with E-state index < -0.39 is 0 Å². The number of carbonyl (C=O) groups is 2. The predicted molar refractivity (Wildman–Crippen MR) is 100 cm³/mol. The summed E-state index contributed by atoms with van der Waals surface area (Å²) < 4.78 is 0. The molecule has 0 unspecified atom stereocenters. The van der Waals surface area contributed by atoms with Gasteiger partial charge in [-0.2, -0.15) is 0 Å². The highest BCUT2D eigenvalue weighted by Gasteiger charge is 2.37. The van der Waals surface area contributed by atoms with Crippen LogP contribution in [0.25, 0.3) is 0 Å². The number of carbonyl (C=O) groups excluding carboxylic acids is 2. The van der Waals surface area contributed by atoms with E-state index >= 15 is 0 Å². The molecule has 2 aromatic rings. The predicted octanol–water partition coefficient (Wildman–Crippen LogP) is 2.41. The molecular weight excluding hydrogens is 348 g/mol. The summed E-state index contributed by atoms with van der Waals surface area (Å²) in [4.78, 5) is 38.0. The summed E-state index contributed by atoms with van der Waals surface area (Å²) in [5.41, 5.74) is 0.941. The quantitative estimate of drug-likeness (QED) is 0.773. The zero-order valence-electron chi connectivity index (χ0n) is 14.8. The minimum atomic E-state index is 0.0575. The lowest BCUT2D eigenvalue weighted by Crippen LogP contribution is -2.48. The van der Waals surface area contributed by atoms with Crippen LogP contribution in [0.3, 0.4) is 0 Å². The molecular formula is C19H22N4O2S. The zero-order chi connectivity index (χ0) is 18.1. The molecule has 26 heavy (non-hydrogen) atoms. The SMILES string of the molecule is CC(=O)c1cc(CC(=O)N2C[C@H]3CC[C@@H]2CN(c2cnccn2)C3)cs1. The van der Waals surface area contributed by atoms with Crippen molar-refractivity contribution in [2.75, 3.05) is 24.5 Å². The van der Waals surface area contributed by atoms with Crippen molar-refractivity contribution in [3.63, 3.8) is 0 Å². The molecule has 7 heteroatoms. The average Bonchev–Trinajstić information content (AvgIpc) is 2.92. The molecule has 0 aromatic carbocycles. The van der Waals surface area contributed by atoms with E-state index in [0.29, 0.717) is 12.3 Å². The second-order valence-electron chi connectivity index (χ2n) is 7.16. The molecule has 0 saturated carbocycles. The second-order valence-corrected chi connectivity index (χ2v) is 8.08. The molecule has 3 aliphatic heterocycles. The van der Waals surface area contributed by atoms with Gasteiger partial charge in [0.2, 0.25) is 5.91 Å². The summed E-state index contributed by atoms with van der Waals surface area (Å²) in [6, 6.07) is 2.07. The number of ketones is 1. The van der Waals surface area contributed by atoms with Crippen molar-refractivity contribution in [2.24, 2.45) is 5.92 Å². The Balaban J connectivity index is 1.47. The summed E-state index contributed by atoms with van der Waals surface area (Å²) >= 11 is 1.42. The highest BCUT2D eigenvalue weighted by molar-refractivity contribution is 7.12. The fourth-order valence-corrected chi connectivity index (χ4v) is 4.77. The molecule has 1 amide bonds. The maximum atomic E-state index is 12.9. The number of hydrogen-bond donors (Lipinski definition) is 0. The third-order valence-electron chi connectivity index (χ3n) is 5.26. The van der Waals surface area contributed by atoms with E-state index in [2.05, 4.69) is 19.8 Å². The van der Waals surface area contributed by atoms with Crippen molar-refractivity contribution in [1.82, 2.24) is 14.9 Å². The molecule has 5 heterocycles. The number of Topliss-reactive ketones (excluding diaryl/α,β-unsaturated/α-hetero) is 1. The Morgan fingerprint density at radius 2 is 2.12 bits per heavy atom. The maximum absolute atomic E-state index is 12.9. The molecule has 5 rings (SSSR count). The molecule has 3 fully saturated rings. The van der Waals surface area contributed by atoms with Crippen LogP contribution in [0.5, 0.6) is 0 Å². The molecule has 136 valence electrons. The van der Waals surface area contributed by atoms with Crippen LogP contribution >= 0.6 is 11.3 Å². The first kappa shape index (κ1) is 17.1. The standard InChI is InChI=1S/C19H22N4O2S/c1-13(24)17-6-15(12-26-17)7-19(25)23-10-14-2-3-16(23)11-22(9-14)18-8-20-4-5-21-18/h4-6,8,12,14,16H,2-3,7,9-11H2,1H3/t14-,16+/m0/s1. The van der Waals surface area contributed by atoms with Gasteiger partial charge >= 0.3 is 0 Å². The Hall–Kier alpha value is -2.28. The Morgan fingerprint density at radius 3 is 2.85 bits per heavy atom. The minimum Gasteiger partial charge on any atom is -0.353 e. The van der Waals surface area contributed by atoms with Gasteiger partial charge in [0.1, 0.15) is 5.82 Å². The van der Waals surface area contributed by atoms with Crippen LogP contribution in [-0.2, 0) is 11.2 Å². The number of anilines is 1. The number of rotatable bonds is 4. The second kappa shape index (κ2) is 7.15. The molecule has 3 aliphatic rings. The fraction of sp³-hybridized carbons (Fsp3) is 0.474. The smallest absolute Gasteiger partial charge is 0.227 e. The number of nitrogens with zero attached hydrogens (tertiary/aromatic N) is 4. The molecule has 0 aliphatic carbocycles. The molecule has 2 aromatic heterocycles. The molecule has 0 spiro atoms. The van der Waals surface area contributed by atoms with Crippen molar-refractivity contribution in [3.05, 3.63) is 40.5 Å². The van der Waals surface area contributed by atoms with E-state index in [1.807, 2.05) is 11.4 Å². The number of piperidine rings is 1. The van der Waals surface area contributed by atoms with Gasteiger partial charge in [0.15, 0.2) is 5.78 Å². The van der Waals surface area contributed by atoms with Gasteiger partial charge in [-0.3, -0.25) is 14.6 Å². The van der Waals surface area contributed by atoms with E-state index in [0.717, 1.165) is 48.7 Å². The fourth-order valence-electron chi connectivity index (χ4n) is 3.96. The van der Waals surface area contributed by atoms with Crippen molar-refractivity contribution < 1.29 is 9.59 Å². The van der Waals surface area contributed by atoms with Gasteiger partial charge in [0.25, 0.3) is 0 Å². The van der Waals surface area contributed by atoms with Crippen LogP contribution < -0.4 is 4.90 Å². The lowest BCUT2D eigenvalue weighted by molar-refractivity contribution is -0.134. The van der Waals surface area contributed by atoms with E-state index in [1.165, 1.54) is 11.3 Å². The summed E-state index contributed by atoms with van der Waals surface area (Å²) in [5, 5.41) is 1.93. The third kappa shape index (κ3) is 3.49. The topological polar surface area (TPSA) is 66.4 Å². The first-order chi connectivity index (χ1) is 12.6. The molecule has 2 atom stereocenters. The lowest BCUT2D eigenvalue weighted by Gasteiger charge is -2.36. The molecule has 6 nitrogen and oxygen atoms in total. The van der Waals surface area contributed by atoms with Crippen molar-refractivity contribution >= 4 is 28.8 Å². The van der Waals surface area contributed by atoms with E-state index in [9.17, 15) is 9.59 Å². The number of amides is 1. The van der Waals surface area contributed by atoms with Crippen LogP contribution in [0.2, 0.25) is 0 Å².